The molecule has 0 spiro atoms. The van der Waals surface area contributed by atoms with Crippen LogP contribution in [0, 0.1) is 11.8 Å². The maximum atomic E-state index is 12.7. The van der Waals surface area contributed by atoms with Crippen LogP contribution in [0.3, 0.4) is 0 Å². The zero-order valence-electron chi connectivity index (χ0n) is 16.4. The van der Waals surface area contributed by atoms with Crippen molar-refractivity contribution in [1.29, 1.82) is 0 Å². The third kappa shape index (κ3) is 4.33. The van der Waals surface area contributed by atoms with Gasteiger partial charge in [-0.05, 0) is 23.6 Å². The van der Waals surface area contributed by atoms with Crippen LogP contribution >= 0.6 is 0 Å². The summed E-state index contributed by atoms with van der Waals surface area (Å²) in [5.41, 5.74) is 1.33. The van der Waals surface area contributed by atoms with Gasteiger partial charge in [0.2, 0.25) is 5.89 Å². The van der Waals surface area contributed by atoms with Gasteiger partial charge >= 0.3 is 12.1 Å². The summed E-state index contributed by atoms with van der Waals surface area (Å²) >= 11 is 0. The lowest BCUT2D eigenvalue weighted by molar-refractivity contribution is -0.156. The van der Waals surface area contributed by atoms with E-state index in [2.05, 4.69) is 39.5 Å². The monoisotopic (exact) mass is 420 g/mol. The smallest absolute Gasteiger partial charge is 0.413 e. The highest BCUT2D eigenvalue weighted by atomic mass is 19.4. The number of aromatic nitrogens is 2. The number of nitrogens with zero attached hydrogens (tertiary/aromatic N) is 3. The topological polar surface area (TPSA) is 74.4 Å². The molecule has 30 heavy (non-hydrogen) atoms. The second kappa shape index (κ2) is 8.33. The van der Waals surface area contributed by atoms with Crippen molar-refractivity contribution in [2.75, 3.05) is 13.1 Å². The first-order valence-electron chi connectivity index (χ1n) is 9.82. The number of aliphatic hydroxyl groups excluding tert-OH is 1. The first-order chi connectivity index (χ1) is 14.3. The Hall–Kier alpha value is -2.49. The van der Waals surface area contributed by atoms with Crippen LogP contribution in [-0.2, 0) is 12.7 Å². The Morgan fingerprint density at radius 1 is 1.17 bits per heavy atom. The standard InChI is InChI=1S/C21H23F3N4O2/c1-13-4-2-3-5-17(13)28(19(29)16-10-25-11-16)12-14-6-8-15(9-7-14)18-26-27-20(30-18)21(22,23)24/h2-9,13,16-17,19,25,29H,10-12H2,1H3. The van der Waals surface area contributed by atoms with E-state index in [0.717, 1.165) is 18.7 Å². The van der Waals surface area contributed by atoms with Gasteiger partial charge in [-0.15, -0.1) is 10.2 Å². The van der Waals surface area contributed by atoms with Gasteiger partial charge in [-0.1, -0.05) is 43.4 Å². The number of aliphatic hydroxyl groups is 1. The van der Waals surface area contributed by atoms with Crippen LogP contribution < -0.4 is 5.32 Å². The first-order valence-corrected chi connectivity index (χ1v) is 9.82. The number of allylic oxidation sites excluding steroid dienone is 2. The molecular weight excluding hydrogens is 397 g/mol. The molecule has 160 valence electrons. The Morgan fingerprint density at radius 2 is 1.87 bits per heavy atom. The average Bonchev–Trinajstić information content (AvgIpc) is 3.16. The van der Waals surface area contributed by atoms with Crippen LogP contribution in [0.5, 0.6) is 0 Å². The molecule has 0 saturated carbocycles. The normalized spacial score (nSPS) is 23.0. The van der Waals surface area contributed by atoms with Gasteiger partial charge in [-0.2, -0.15) is 13.2 Å². The fourth-order valence-electron chi connectivity index (χ4n) is 3.70. The summed E-state index contributed by atoms with van der Waals surface area (Å²) in [6.45, 7) is 4.16. The van der Waals surface area contributed by atoms with Crippen molar-refractivity contribution in [3.63, 3.8) is 0 Å². The lowest BCUT2D eigenvalue weighted by Crippen LogP contribution is -2.57. The van der Waals surface area contributed by atoms with Crippen molar-refractivity contribution in [3.8, 4) is 11.5 Å². The predicted molar refractivity (Wildman–Crippen MR) is 104 cm³/mol. The Bertz CT molecular complexity index is 919. The first kappa shape index (κ1) is 20.8. The molecule has 3 atom stereocenters. The number of halogens is 3. The summed E-state index contributed by atoms with van der Waals surface area (Å²) in [6.07, 6.45) is 2.92. The van der Waals surface area contributed by atoms with Gasteiger partial charge in [-0.3, -0.25) is 4.90 Å². The quantitative estimate of drug-likeness (QED) is 0.699. The van der Waals surface area contributed by atoms with Crippen LogP contribution in [0.2, 0.25) is 0 Å². The molecule has 0 amide bonds. The Labute approximate surface area is 172 Å². The predicted octanol–water partition coefficient (Wildman–Crippen LogP) is 3.23. The fourth-order valence-corrected chi connectivity index (χ4v) is 3.70. The molecule has 2 heterocycles. The Morgan fingerprint density at radius 3 is 2.43 bits per heavy atom. The highest BCUT2D eigenvalue weighted by molar-refractivity contribution is 5.53. The van der Waals surface area contributed by atoms with Gasteiger partial charge in [0.15, 0.2) is 0 Å². The number of hydrogen-bond acceptors (Lipinski definition) is 6. The summed E-state index contributed by atoms with van der Waals surface area (Å²) in [5, 5.41) is 20.7. The molecule has 2 N–H and O–H groups in total. The Kier molecular flexibility index (Phi) is 5.77. The summed E-state index contributed by atoms with van der Waals surface area (Å²) < 4.78 is 42.7. The van der Waals surface area contributed by atoms with Crippen molar-refractivity contribution in [2.24, 2.45) is 11.8 Å². The van der Waals surface area contributed by atoms with E-state index in [9.17, 15) is 18.3 Å². The zero-order chi connectivity index (χ0) is 21.3. The molecule has 1 aromatic heterocycles. The lowest BCUT2D eigenvalue weighted by Gasteiger charge is -2.43. The zero-order valence-corrected chi connectivity index (χ0v) is 16.4. The van der Waals surface area contributed by atoms with Crippen LogP contribution in [0.15, 0.2) is 53.0 Å². The van der Waals surface area contributed by atoms with Crippen LogP contribution in [0.4, 0.5) is 13.2 Å². The molecule has 2 aliphatic rings. The van der Waals surface area contributed by atoms with Gasteiger partial charge in [0.25, 0.3) is 0 Å². The fraction of sp³-hybridized carbons (Fsp3) is 0.429. The van der Waals surface area contributed by atoms with Crippen LogP contribution in [0.25, 0.3) is 11.5 Å². The van der Waals surface area contributed by atoms with Gasteiger partial charge in [0, 0.05) is 37.2 Å². The maximum absolute atomic E-state index is 12.7. The molecule has 9 heteroatoms. The second-order valence-corrected chi connectivity index (χ2v) is 7.73. The van der Waals surface area contributed by atoms with Crippen LogP contribution in [-0.4, -0.2) is 45.6 Å². The molecule has 6 nitrogen and oxygen atoms in total. The largest absolute Gasteiger partial charge is 0.470 e. The van der Waals surface area contributed by atoms with E-state index in [0.29, 0.717) is 12.1 Å². The molecule has 3 unspecified atom stereocenters. The van der Waals surface area contributed by atoms with Gasteiger partial charge in [0.1, 0.15) is 6.23 Å². The second-order valence-electron chi connectivity index (χ2n) is 7.73. The van der Waals surface area contributed by atoms with E-state index < -0.39 is 18.3 Å². The van der Waals surface area contributed by atoms with E-state index in [1.165, 1.54) is 0 Å². The molecule has 1 aliphatic heterocycles. The highest BCUT2D eigenvalue weighted by Gasteiger charge is 2.38. The molecule has 1 fully saturated rings. The van der Waals surface area contributed by atoms with Crippen molar-refractivity contribution in [2.45, 2.75) is 31.9 Å². The summed E-state index contributed by atoms with van der Waals surface area (Å²) in [5.74, 6) is -1.14. The average molecular weight is 420 g/mol. The van der Waals surface area contributed by atoms with Crippen molar-refractivity contribution in [3.05, 3.63) is 60.0 Å². The van der Waals surface area contributed by atoms with Gasteiger partial charge in [-0.25, -0.2) is 0 Å². The molecule has 1 aliphatic carbocycles. The summed E-state index contributed by atoms with van der Waals surface area (Å²) in [4.78, 5) is 2.07. The molecule has 1 aromatic carbocycles. The van der Waals surface area contributed by atoms with E-state index in [1.54, 1.807) is 24.3 Å². The number of alkyl halides is 3. The third-order valence-corrected chi connectivity index (χ3v) is 5.56. The van der Waals surface area contributed by atoms with Gasteiger partial charge in [0.05, 0.1) is 0 Å². The van der Waals surface area contributed by atoms with Gasteiger partial charge < -0.3 is 14.8 Å². The summed E-state index contributed by atoms with van der Waals surface area (Å²) in [6, 6.07) is 6.96. The van der Waals surface area contributed by atoms with Crippen molar-refractivity contribution < 1.29 is 22.7 Å². The van der Waals surface area contributed by atoms with E-state index in [-0.39, 0.29) is 23.8 Å². The molecule has 1 saturated heterocycles. The minimum atomic E-state index is -4.67. The third-order valence-electron chi connectivity index (χ3n) is 5.56. The maximum Gasteiger partial charge on any atom is 0.470 e. The van der Waals surface area contributed by atoms with Crippen molar-refractivity contribution >= 4 is 0 Å². The number of benzene rings is 1. The van der Waals surface area contributed by atoms with E-state index in [1.807, 2.05) is 12.2 Å². The SMILES string of the molecule is CC1C=CC=CC1N(Cc1ccc(-c2nnc(C(F)(F)F)o2)cc1)C(O)C1CNC1. The molecule has 2 aromatic rings. The number of hydrogen-bond donors (Lipinski definition) is 2. The molecule has 0 bridgehead atoms. The van der Waals surface area contributed by atoms with E-state index >= 15 is 0 Å². The highest BCUT2D eigenvalue weighted by Crippen LogP contribution is 2.31. The molecular formula is C21H23F3N4O2. The van der Waals surface area contributed by atoms with Crippen molar-refractivity contribution in [1.82, 2.24) is 20.4 Å². The Balaban J connectivity index is 1.52. The summed E-state index contributed by atoms with van der Waals surface area (Å²) in [7, 11) is 0. The minimum Gasteiger partial charge on any atom is -0.413 e. The minimum absolute atomic E-state index is 0.0514. The van der Waals surface area contributed by atoms with Crippen LogP contribution in [0.1, 0.15) is 18.4 Å². The lowest BCUT2D eigenvalue weighted by atomic mass is 9.92. The molecule has 4 rings (SSSR count). The number of rotatable bonds is 6. The number of nitrogens with one attached hydrogen (secondary N) is 1. The van der Waals surface area contributed by atoms with E-state index in [4.69, 9.17) is 4.42 Å². The molecule has 0 radical (unpaired) electrons.